The molecule has 0 saturated heterocycles. The van der Waals surface area contributed by atoms with Crippen LogP contribution in [0.4, 0.5) is 13.2 Å². The maximum atomic E-state index is 11.8. The van der Waals surface area contributed by atoms with E-state index in [-0.39, 0.29) is 13.0 Å². The number of hydrogen-bond donors (Lipinski definition) is 0. The number of hydrogen-bond acceptors (Lipinski definition) is 2. The molecule has 0 atom stereocenters. The average molecular weight is 298 g/mol. The lowest BCUT2D eigenvalue weighted by Crippen LogP contribution is -2.10. The summed E-state index contributed by atoms with van der Waals surface area (Å²) in [5.41, 5.74) is 0.931. The van der Waals surface area contributed by atoms with E-state index < -0.39 is 12.6 Å². The van der Waals surface area contributed by atoms with Crippen molar-refractivity contribution in [3.05, 3.63) is 22.3 Å². The highest BCUT2D eigenvalue weighted by Gasteiger charge is 2.26. The molecule has 0 aliphatic rings. The summed E-state index contributed by atoms with van der Waals surface area (Å²) in [5, 5.41) is 0. The number of rotatable bonds is 4. The summed E-state index contributed by atoms with van der Waals surface area (Å²) in [6.45, 7) is 1.86. The lowest BCUT2D eigenvalue weighted by Gasteiger charge is -2.09. The lowest BCUT2D eigenvalue weighted by atomic mass is 10.3. The molecule has 1 rings (SSSR count). The van der Waals surface area contributed by atoms with E-state index in [1.165, 1.54) is 0 Å². The van der Waals surface area contributed by atoms with Crippen LogP contribution < -0.4 is 4.74 Å². The van der Waals surface area contributed by atoms with E-state index >= 15 is 0 Å². The summed E-state index contributed by atoms with van der Waals surface area (Å²) in [4.78, 5) is 3.92. The van der Waals surface area contributed by atoms with Gasteiger partial charge in [-0.3, -0.25) is 0 Å². The number of alkyl halides is 3. The van der Waals surface area contributed by atoms with Gasteiger partial charge in [0.15, 0.2) is 0 Å². The highest BCUT2D eigenvalue weighted by molar-refractivity contribution is 9.10. The summed E-state index contributed by atoms with van der Waals surface area (Å²) < 4.78 is 41.4. The van der Waals surface area contributed by atoms with Crippen LogP contribution >= 0.6 is 15.9 Å². The second-order valence-corrected chi connectivity index (χ2v) is 4.11. The van der Waals surface area contributed by atoms with Crippen LogP contribution in [0.1, 0.15) is 18.4 Å². The van der Waals surface area contributed by atoms with Crippen LogP contribution in [0.2, 0.25) is 0 Å². The van der Waals surface area contributed by atoms with Crippen LogP contribution in [-0.4, -0.2) is 17.8 Å². The van der Waals surface area contributed by atoms with Crippen molar-refractivity contribution in [3.8, 4) is 5.88 Å². The molecule has 1 aromatic heterocycles. The predicted octanol–water partition coefficient (Wildman–Crippen LogP) is 3.87. The molecule has 0 aromatic carbocycles. The molecule has 6 heteroatoms. The highest BCUT2D eigenvalue weighted by Crippen LogP contribution is 2.26. The fraction of sp³-hybridized carbons (Fsp3) is 0.500. The maximum Gasteiger partial charge on any atom is 0.389 e. The van der Waals surface area contributed by atoms with E-state index in [9.17, 15) is 13.2 Å². The molecule has 16 heavy (non-hydrogen) atoms. The fourth-order valence-corrected chi connectivity index (χ4v) is 1.41. The molecule has 0 radical (unpaired) electrons. The van der Waals surface area contributed by atoms with Gasteiger partial charge in [0.25, 0.3) is 0 Å². The molecule has 1 heterocycles. The van der Waals surface area contributed by atoms with Gasteiger partial charge in [-0.05, 0) is 40.9 Å². The molecule has 1 aromatic rings. The molecular weight excluding hydrogens is 287 g/mol. The minimum absolute atomic E-state index is 0.00850. The number of nitrogens with zero attached hydrogens (tertiary/aromatic N) is 1. The van der Waals surface area contributed by atoms with Crippen molar-refractivity contribution in [1.82, 2.24) is 4.98 Å². The monoisotopic (exact) mass is 297 g/mol. The van der Waals surface area contributed by atoms with E-state index in [0.717, 1.165) is 5.56 Å². The zero-order chi connectivity index (χ0) is 12.2. The Morgan fingerprint density at radius 2 is 2.12 bits per heavy atom. The standard InChI is InChI=1S/C10H11BrF3NO/c1-7-3-5-15-9(8(7)11)16-6-2-4-10(12,13)14/h3,5H,2,4,6H2,1H3. The number of ether oxygens (including phenoxy) is 1. The van der Waals surface area contributed by atoms with Crippen molar-refractivity contribution in [2.24, 2.45) is 0 Å². The van der Waals surface area contributed by atoms with Gasteiger partial charge in [0.2, 0.25) is 5.88 Å². The van der Waals surface area contributed by atoms with Gasteiger partial charge in [-0.15, -0.1) is 0 Å². The van der Waals surface area contributed by atoms with Gasteiger partial charge in [-0.1, -0.05) is 0 Å². The second kappa shape index (κ2) is 5.52. The molecular formula is C10H11BrF3NO. The summed E-state index contributed by atoms with van der Waals surface area (Å²) in [6.07, 6.45) is -3.47. The number of aryl methyl sites for hydroxylation is 1. The first-order valence-corrected chi connectivity index (χ1v) is 5.50. The normalized spacial score (nSPS) is 11.6. The van der Waals surface area contributed by atoms with Crippen LogP contribution in [0.25, 0.3) is 0 Å². The van der Waals surface area contributed by atoms with Crippen LogP contribution in [0.15, 0.2) is 16.7 Å². The van der Waals surface area contributed by atoms with E-state index in [1.54, 1.807) is 12.3 Å². The molecule has 2 nitrogen and oxygen atoms in total. The van der Waals surface area contributed by atoms with Crippen molar-refractivity contribution < 1.29 is 17.9 Å². The molecule has 0 aliphatic heterocycles. The number of aromatic nitrogens is 1. The van der Waals surface area contributed by atoms with Crippen molar-refractivity contribution in [2.75, 3.05) is 6.61 Å². The predicted molar refractivity (Wildman–Crippen MR) is 57.5 cm³/mol. The molecule has 0 unspecified atom stereocenters. The summed E-state index contributed by atoms with van der Waals surface area (Å²) in [5.74, 6) is 0.335. The summed E-state index contributed by atoms with van der Waals surface area (Å²) in [7, 11) is 0. The zero-order valence-corrected chi connectivity index (χ0v) is 10.2. The third-order valence-electron chi connectivity index (χ3n) is 1.89. The van der Waals surface area contributed by atoms with Crippen molar-refractivity contribution in [3.63, 3.8) is 0 Å². The highest BCUT2D eigenvalue weighted by atomic mass is 79.9. The summed E-state index contributed by atoms with van der Waals surface area (Å²) >= 11 is 3.26. The Bertz CT molecular complexity index is 354. The smallest absolute Gasteiger partial charge is 0.389 e. The SMILES string of the molecule is Cc1ccnc(OCCCC(F)(F)F)c1Br. The molecule has 90 valence electrons. The largest absolute Gasteiger partial charge is 0.477 e. The topological polar surface area (TPSA) is 22.1 Å². The third kappa shape index (κ3) is 4.38. The number of pyridine rings is 1. The van der Waals surface area contributed by atoms with E-state index in [4.69, 9.17) is 4.74 Å². The Balaban J connectivity index is 2.41. The van der Waals surface area contributed by atoms with Crippen LogP contribution in [0, 0.1) is 6.92 Å². The Morgan fingerprint density at radius 3 is 2.75 bits per heavy atom. The average Bonchev–Trinajstić information content (AvgIpc) is 2.17. The van der Waals surface area contributed by atoms with Crippen molar-refractivity contribution in [2.45, 2.75) is 25.9 Å². The lowest BCUT2D eigenvalue weighted by molar-refractivity contribution is -0.136. The van der Waals surface area contributed by atoms with E-state index in [0.29, 0.717) is 10.4 Å². The van der Waals surface area contributed by atoms with Crippen LogP contribution in [0.3, 0.4) is 0 Å². The Hall–Kier alpha value is -0.780. The van der Waals surface area contributed by atoms with Gasteiger partial charge < -0.3 is 4.74 Å². The minimum atomic E-state index is -4.12. The first-order chi connectivity index (χ1) is 7.40. The fourth-order valence-electron chi connectivity index (χ4n) is 1.06. The van der Waals surface area contributed by atoms with E-state index in [1.807, 2.05) is 6.92 Å². The van der Waals surface area contributed by atoms with Crippen molar-refractivity contribution >= 4 is 15.9 Å². The minimum Gasteiger partial charge on any atom is -0.477 e. The Kier molecular flexibility index (Phi) is 4.58. The first kappa shape index (κ1) is 13.3. The molecule has 0 aliphatic carbocycles. The Morgan fingerprint density at radius 1 is 1.44 bits per heavy atom. The molecule has 0 spiro atoms. The molecule has 0 saturated carbocycles. The molecule has 0 amide bonds. The Labute approximate surface area is 100.0 Å². The second-order valence-electron chi connectivity index (χ2n) is 3.31. The van der Waals surface area contributed by atoms with Crippen LogP contribution in [-0.2, 0) is 0 Å². The molecule has 0 bridgehead atoms. The van der Waals surface area contributed by atoms with Gasteiger partial charge in [0, 0.05) is 12.6 Å². The zero-order valence-electron chi connectivity index (χ0n) is 8.64. The first-order valence-electron chi connectivity index (χ1n) is 4.71. The van der Waals surface area contributed by atoms with Crippen molar-refractivity contribution in [1.29, 1.82) is 0 Å². The van der Waals surface area contributed by atoms with Crippen LogP contribution in [0.5, 0.6) is 5.88 Å². The number of halogens is 4. The molecule has 0 fully saturated rings. The third-order valence-corrected chi connectivity index (χ3v) is 2.86. The van der Waals surface area contributed by atoms with Gasteiger partial charge >= 0.3 is 6.18 Å². The van der Waals surface area contributed by atoms with Gasteiger partial charge in [-0.25, -0.2) is 4.98 Å². The van der Waals surface area contributed by atoms with Gasteiger partial charge in [0.05, 0.1) is 11.1 Å². The van der Waals surface area contributed by atoms with E-state index in [2.05, 4.69) is 20.9 Å². The quantitative estimate of drug-likeness (QED) is 0.787. The summed E-state index contributed by atoms with van der Waals surface area (Å²) in [6, 6.07) is 1.78. The molecule has 0 N–H and O–H groups in total. The van der Waals surface area contributed by atoms with Gasteiger partial charge in [0.1, 0.15) is 0 Å². The van der Waals surface area contributed by atoms with Gasteiger partial charge in [-0.2, -0.15) is 13.2 Å². The maximum absolute atomic E-state index is 11.8.